The van der Waals surface area contributed by atoms with Crippen LogP contribution < -0.4 is 5.32 Å². The average molecular weight is 1100 g/mol. The molecule has 1 fully saturated rings. The molecule has 0 bridgehead atoms. The first-order valence-corrected chi connectivity index (χ1v) is 32.2. The Morgan fingerprint density at radius 1 is 0.513 bits per heavy atom. The predicted molar refractivity (Wildman–Crippen MR) is 324 cm³/mol. The third kappa shape index (κ3) is 42.0. The van der Waals surface area contributed by atoms with Crippen molar-refractivity contribution in [1.29, 1.82) is 0 Å². The monoisotopic (exact) mass is 1100 g/mol. The van der Waals surface area contributed by atoms with E-state index in [4.69, 9.17) is 14.2 Å². The van der Waals surface area contributed by atoms with Crippen molar-refractivity contribution in [1.82, 2.24) is 5.32 Å². The van der Waals surface area contributed by atoms with Gasteiger partial charge in [-0.25, -0.2) is 0 Å². The Labute approximate surface area is 477 Å². The molecule has 0 spiro atoms. The van der Waals surface area contributed by atoms with Gasteiger partial charge in [0, 0.05) is 6.42 Å². The fourth-order valence-electron chi connectivity index (χ4n) is 9.80. The molecule has 11 nitrogen and oxygen atoms in total. The highest BCUT2D eigenvalue weighted by atomic mass is 16.7. The number of carbonyl (C=O) groups excluding carboxylic acids is 2. The molecule has 1 aliphatic heterocycles. The van der Waals surface area contributed by atoms with E-state index < -0.39 is 67.4 Å². The van der Waals surface area contributed by atoms with Gasteiger partial charge in [0.05, 0.1) is 25.4 Å². The second kappa shape index (κ2) is 54.7. The number of carbonyl (C=O) groups is 2. The van der Waals surface area contributed by atoms with Gasteiger partial charge in [-0.15, -0.1) is 0 Å². The van der Waals surface area contributed by atoms with Crippen molar-refractivity contribution in [3.63, 3.8) is 0 Å². The Kier molecular flexibility index (Phi) is 51.3. The Bertz CT molecular complexity index is 1540. The third-order valence-electron chi connectivity index (χ3n) is 14.9. The summed E-state index contributed by atoms with van der Waals surface area (Å²) < 4.78 is 17.6. The van der Waals surface area contributed by atoms with E-state index in [1.807, 2.05) is 6.08 Å². The standard InChI is InChI=1S/C67H119NO10/c1-4-7-10-13-16-19-22-24-26-27-28-29-30-31-32-33-34-35-36-39-42-45-48-51-54-60(71)66(75)68-58(59(70)53-50-47-44-41-38-21-18-15-12-9-6-3)57-76-67-65(64(74)63(73)61(56-69)77-67)78-62(72)55-52-49-46-43-40-37-25-23-20-17-14-11-8-5-2/h7,10,16,19,24,26,28-29,31-32,50,53,58-61,63-65,67,69-71,73-74H,4-6,8-9,11-15,17-18,20-23,25,27,30,33-49,51-52,54-57H2,1-3H3,(H,68,75)/b10-7-,19-16-,26-24-,29-28-,32-31-,53-50+. The number of allylic oxidation sites excluding steroid dienone is 11. The number of esters is 1. The van der Waals surface area contributed by atoms with E-state index in [-0.39, 0.29) is 19.4 Å². The number of aliphatic hydroxyl groups excluding tert-OH is 5. The average Bonchev–Trinajstić information content (AvgIpc) is 3.44. The molecule has 0 aromatic rings. The summed E-state index contributed by atoms with van der Waals surface area (Å²) in [6, 6.07) is -1.03. The first kappa shape index (κ1) is 73.1. The van der Waals surface area contributed by atoms with Crippen molar-refractivity contribution in [3.8, 4) is 0 Å². The summed E-state index contributed by atoms with van der Waals surface area (Å²) in [5, 5.41) is 57.0. The molecule has 1 aliphatic rings. The molecule has 452 valence electrons. The van der Waals surface area contributed by atoms with Crippen molar-refractivity contribution in [3.05, 3.63) is 72.9 Å². The van der Waals surface area contributed by atoms with E-state index in [1.54, 1.807) is 6.08 Å². The fraction of sp³-hybridized carbons (Fsp3) is 0.791. The van der Waals surface area contributed by atoms with Crippen molar-refractivity contribution in [2.24, 2.45) is 0 Å². The number of amides is 1. The molecule has 6 N–H and O–H groups in total. The van der Waals surface area contributed by atoms with Crippen molar-refractivity contribution >= 4 is 11.9 Å². The van der Waals surface area contributed by atoms with Crippen LogP contribution in [-0.4, -0.2) is 99.6 Å². The molecule has 8 atom stereocenters. The smallest absolute Gasteiger partial charge is 0.306 e. The number of nitrogens with one attached hydrogen (secondary N) is 1. The summed E-state index contributed by atoms with van der Waals surface area (Å²) in [7, 11) is 0. The molecule has 0 aliphatic carbocycles. The van der Waals surface area contributed by atoms with Gasteiger partial charge < -0.3 is 45.1 Å². The largest absolute Gasteiger partial charge is 0.454 e. The van der Waals surface area contributed by atoms with Gasteiger partial charge in [-0.05, 0) is 70.6 Å². The molecule has 0 saturated carbocycles. The van der Waals surface area contributed by atoms with E-state index in [0.29, 0.717) is 12.8 Å². The van der Waals surface area contributed by atoms with Crippen molar-refractivity contribution in [2.75, 3.05) is 13.2 Å². The molecule has 1 heterocycles. The normalized spacial score (nSPS) is 19.4. The summed E-state index contributed by atoms with van der Waals surface area (Å²) in [5.41, 5.74) is 0. The number of hydrogen-bond acceptors (Lipinski definition) is 10. The molecule has 78 heavy (non-hydrogen) atoms. The lowest BCUT2D eigenvalue weighted by atomic mass is 9.99. The molecule has 8 unspecified atom stereocenters. The molecule has 1 amide bonds. The zero-order chi connectivity index (χ0) is 56.8. The summed E-state index contributed by atoms with van der Waals surface area (Å²) in [4.78, 5) is 26.5. The topological polar surface area (TPSA) is 175 Å². The fourth-order valence-corrected chi connectivity index (χ4v) is 9.80. The maximum Gasteiger partial charge on any atom is 0.306 e. The van der Waals surface area contributed by atoms with Crippen LogP contribution in [0.4, 0.5) is 0 Å². The second-order valence-corrected chi connectivity index (χ2v) is 22.1. The maximum absolute atomic E-state index is 13.4. The first-order valence-electron chi connectivity index (χ1n) is 32.2. The molecule has 1 rings (SSSR count). The van der Waals surface area contributed by atoms with Crippen LogP contribution in [-0.2, 0) is 23.8 Å². The second-order valence-electron chi connectivity index (χ2n) is 22.1. The highest BCUT2D eigenvalue weighted by Crippen LogP contribution is 2.26. The van der Waals surface area contributed by atoms with Gasteiger partial charge in [0.15, 0.2) is 12.4 Å². The Morgan fingerprint density at radius 3 is 1.38 bits per heavy atom. The summed E-state index contributed by atoms with van der Waals surface area (Å²) in [6.07, 6.45) is 59.4. The van der Waals surface area contributed by atoms with Crippen LogP contribution >= 0.6 is 0 Å². The lowest BCUT2D eigenvalue weighted by molar-refractivity contribution is -0.305. The molecule has 0 radical (unpaired) electrons. The lowest BCUT2D eigenvalue weighted by Gasteiger charge is -2.41. The van der Waals surface area contributed by atoms with Gasteiger partial charge >= 0.3 is 5.97 Å². The van der Waals surface area contributed by atoms with Crippen molar-refractivity contribution in [2.45, 2.75) is 327 Å². The Morgan fingerprint density at radius 2 is 0.923 bits per heavy atom. The zero-order valence-corrected chi connectivity index (χ0v) is 50.0. The van der Waals surface area contributed by atoms with Crippen LogP contribution in [0.5, 0.6) is 0 Å². The Hall–Kier alpha value is -2.90. The van der Waals surface area contributed by atoms with Gasteiger partial charge in [0.1, 0.15) is 24.4 Å². The molecular formula is C67H119NO10. The molecule has 1 saturated heterocycles. The Balaban J connectivity index is 2.62. The summed E-state index contributed by atoms with van der Waals surface area (Å²) >= 11 is 0. The molecular weight excluding hydrogens is 979 g/mol. The lowest BCUT2D eigenvalue weighted by Crippen LogP contribution is -2.61. The number of ether oxygens (including phenoxy) is 3. The van der Waals surface area contributed by atoms with E-state index in [1.165, 1.54) is 135 Å². The number of hydrogen-bond donors (Lipinski definition) is 6. The number of aliphatic hydroxyl groups is 5. The molecule has 11 heteroatoms. The zero-order valence-electron chi connectivity index (χ0n) is 50.0. The SMILES string of the molecule is CC/C=C\C/C=C\C/C=C\C/C=C\C/C=C\CCCCCCCCCCC(O)C(=O)NC(COC1OC(CO)C(O)C(O)C1OC(=O)CCCCCCCCCCCCCCCC)C(O)/C=C/CCCCCCCCCCC. The van der Waals surface area contributed by atoms with Crippen LogP contribution in [0.2, 0.25) is 0 Å². The molecule has 0 aromatic heterocycles. The van der Waals surface area contributed by atoms with E-state index in [9.17, 15) is 35.1 Å². The van der Waals surface area contributed by atoms with E-state index >= 15 is 0 Å². The van der Waals surface area contributed by atoms with Gasteiger partial charge in [-0.1, -0.05) is 273 Å². The molecule has 0 aromatic carbocycles. The van der Waals surface area contributed by atoms with Crippen LogP contribution in [0.15, 0.2) is 72.9 Å². The number of unbranched alkanes of at least 4 members (excludes halogenated alkanes) is 30. The van der Waals surface area contributed by atoms with E-state index in [2.05, 4.69) is 86.8 Å². The van der Waals surface area contributed by atoms with Crippen LogP contribution in [0.1, 0.15) is 278 Å². The van der Waals surface area contributed by atoms with Gasteiger partial charge in [-0.2, -0.15) is 0 Å². The highest BCUT2D eigenvalue weighted by Gasteiger charge is 2.47. The quantitative estimate of drug-likeness (QED) is 0.0195. The van der Waals surface area contributed by atoms with Crippen LogP contribution in [0, 0.1) is 0 Å². The van der Waals surface area contributed by atoms with Gasteiger partial charge in [0.25, 0.3) is 0 Å². The minimum Gasteiger partial charge on any atom is -0.454 e. The first-order chi connectivity index (χ1) is 38.2. The summed E-state index contributed by atoms with van der Waals surface area (Å²) in [6.45, 7) is 5.67. The minimum atomic E-state index is -1.61. The van der Waals surface area contributed by atoms with E-state index in [0.717, 1.165) is 96.3 Å². The third-order valence-corrected chi connectivity index (χ3v) is 14.9. The van der Waals surface area contributed by atoms with Gasteiger partial charge in [-0.3, -0.25) is 9.59 Å². The van der Waals surface area contributed by atoms with Crippen LogP contribution in [0.3, 0.4) is 0 Å². The predicted octanol–water partition coefficient (Wildman–Crippen LogP) is 15.6. The minimum absolute atomic E-state index is 0.125. The van der Waals surface area contributed by atoms with Crippen LogP contribution in [0.25, 0.3) is 0 Å². The number of rotatable bonds is 54. The maximum atomic E-state index is 13.4. The van der Waals surface area contributed by atoms with Crippen molar-refractivity contribution < 1.29 is 49.3 Å². The van der Waals surface area contributed by atoms with Gasteiger partial charge in [0.2, 0.25) is 5.91 Å². The highest BCUT2D eigenvalue weighted by molar-refractivity contribution is 5.80. The summed E-state index contributed by atoms with van der Waals surface area (Å²) in [5.74, 6) is -1.20.